The van der Waals surface area contributed by atoms with Gasteiger partial charge in [0.25, 0.3) is 0 Å². The normalized spacial score (nSPS) is 16.0. The minimum atomic E-state index is -4.71. The highest BCUT2D eigenvalue weighted by Crippen LogP contribution is 2.36. The van der Waals surface area contributed by atoms with E-state index in [1.807, 2.05) is 0 Å². The number of carbonyl (C=O) groups excluding carboxylic acids is 1. The van der Waals surface area contributed by atoms with Crippen LogP contribution in [0.3, 0.4) is 0 Å². The Bertz CT molecular complexity index is 1080. The van der Waals surface area contributed by atoms with Crippen LogP contribution in [0.1, 0.15) is 5.56 Å². The lowest BCUT2D eigenvalue weighted by Crippen LogP contribution is -2.45. The van der Waals surface area contributed by atoms with E-state index in [2.05, 4.69) is 5.32 Å². The van der Waals surface area contributed by atoms with Crippen LogP contribution >= 0.6 is 11.6 Å². The number of benzene rings is 2. The number of amides is 1. The molecule has 1 unspecified atom stereocenters. The predicted octanol–water partition coefficient (Wildman–Crippen LogP) is 3.08. The molecule has 0 fully saturated rings. The fraction of sp³-hybridized carbons (Fsp3) is 0.316. The van der Waals surface area contributed by atoms with E-state index in [0.29, 0.717) is 21.9 Å². The first-order chi connectivity index (χ1) is 14.4. The fourth-order valence-corrected chi connectivity index (χ4v) is 3.97. The van der Waals surface area contributed by atoms with Crippen molar-refractivity contribution in [1.29, 1.82) is 0 Å². The molecule has 3 rings (SSSR count). The number of hydrogen-bond acceptors (Lipinski definition) is 5. The zero-order chi connectivity index (χ0) is 22.8. The van der Waals surface area contributed by atoms with Crippen LogP contribution in [0.5, 0.6) is 11.5 Å². The summed E-state index contributed by atoms with van der Waals surface area (Å²) in [6, 6.07) is 9.21. The Morgan fingerprint density at radius 3 is 2.55 bits per heavy atom. The van der Waals surface area contributed by atoms with E-state index in [0.717, 1.165) is 18.4 Å². The maximum Gasteiger partial charge on any atom is 0.416 e. The van der Waals surface area contributed by atoms with Crippen molar-refractivity contribution in [2.45, 2.75) is 12.3 Å². The van der Waals surface area contributed by atoms with Crippen LogP contribution in [-0.2, 0) is 21.0 Å². The number of nitrogens with one attached hydrogen (secondary N) is 1. The highest BCUT2D eigenvalue weighted by Gasteiger charge is 2.33. The summed E-state index contributed by atoms with van der Waals surface area (Å²) < 4.78 is 75.2. The van der Waals surface area contributed by atoms with E-state index in [-0.39, 0.29) is 18.2 Å². The first-order valence-corrected chi connectivity index (χ1v) is 11.2. The van der Waals surface area contributed by atoms with Gasteiger partial charge in [0.15, 0.2) is 11.5 Å². The average Bonchev–Trinajstić information content (AvgIpc) is 2.69. The molecule has 1 amide bonds. The number of nitrogens with zero attached hydrogens (tertiary/aromatic N) is 1. The van der Waals surface area contributed by atoms with Gasteiger partial charge in [0.1, 0.15) is 19.3 Å². The van der Waals surface area contributed by atoms with Crippen LogP contribution in [0.2, 0.25) is 5.02 Å². The molecule has 1 N–H and O–H groups in total. The molecular weight excluding hydrogens is 461 g/mol. The molecular formula is C19H18ClF3N2O5S. The van der Waals surface area contributed by atoms with E-state index in [9.17, 15) is 26.4 Å². The maximum atomic E-state index is 13.0. The summed E-state index contributed by atoms with van der Waals surface area (Å²) in [6.07, 6.45) is -4.46. The standard InChI is InChI=1S/C19H18ClF3N2O5S/c1-31(27,28)25(15-8-12(19(21,22)23)6-7-14(15)20)10-18(26)24-9-13-11-29-16-4-2-3-5-17(16)30-13/h2-8,13H,9-11H2,1H3,(H,24,26). The van der Waals surface area contributed by atoms with Crippen LogP contribution in [-0.4, -0.2) is 46.4 Å². The Kier molecular flexibility index (Phi) is 6.56. The summed E-state index contributed by atoms with van der Waals surface area (Å²) in [6.45, 7) is -0.600. The third-order valence-electron chi connectivity index (χ3n) is 4.32. The Morgan fingerprint density at radius 2 is 1.90 bits per heavy atom. The van der Waals surface area contributed by atoms with Crippen molar-refractivity contribution in [3.8, 4) is 11.5 Å². The second-order valence-corrected chi connectivity index (χ2v) is 9.05. The van der Waals surface area contributed by atoms with Crippen LogP contribution in [0.15, 0.2) is 42.5 Å². The Morgan fingerprint density at radius 1 is 1.23 bits per heavy atom. The molecule has 0 bridgehead atoms. The van der Waals surface area contributed by atoms with E-state index >= 15 is 0 Å². The molecule has 2 aromatic carbocycles. The van der Waals surface area contributed by atoms with E-state index in [1.54, 1.807) is 24.3 Å². The predicted molar refractivity (Wildman–Crippen MR) is 108 cm³/mol. The molecule has 0 aliphatic carbocycles. The summed E-state index contributed by atoms with van der Waals surface area (Å²) in [5.74, 6) is 0.315. The van der Waals surface area contributed by atoms with Crippen molar-refractivity contribution < 1.29 is 35.9 Å². The first-order valence-electron chi connectivity index (χ1n) is 8.95. The van der Waals surface area contributed by atoms with Gasteiger partial charge in [-0.15, -0.1) is 0 Å². The van der Waals surface area contributed by atoms with Gasteiger partial charge >= 0.3 is 6.18 Å². The zero-order valence-electron chi connectivity index (χ0n) is 16.1. The van der Waals surface area contributed by atoms with Crippen molar-refractivity contribution >= 4 is 33.2 Å². The molecule has 7 nitrogen and oxygen atoms in total. The number of rotatable bonds is 6. The van der Waals surface area contributed by atoms with Gasteiger partial charge in [-0.25, -0.2) is 8.42 Å². The SMILES string of the molecule is CS(=O)(=O)N(CC(=O)NCC1COc2ccccc2O1)c1cc(C(F)(F)F)ccc1Cl. The molecule has 168 valence electrons. The number of para-hydroxylation sites is 2. The molecule has 31 heavy (non-hydrogen) atoms. The van der Waals surface area contributed by atoms with Gasteiger partial charge < -0.3 is 14.8 Å². The number of hydrogen-bond donors (Lipinski definition) is 1. The minimum absolute atomic E-state index is 0.00108. The van der Waals surface area contributed by atoms with Gasteiger partial charge in [0.2, 0.25) is 15.9 Å². The highest BCUT2D eigenvalue weighted by molar-refractivity contribution is 7.92. The van der Waals surface area contributed by atoms with E-state index < -0.39 is 46.0 Å². The largest absolute Gasteiger partial charge is 0.486 e. The number of halogens is 4. The molecule has 0 saturated carbocycles. The first kappa shape index (κ1) is 23.0. The van der Waals surface area contributed by atoms with Gasteiger partial charge in [-0.1, -0.05) is 23.7 Å². The van der Waals surface area contributed by atoms with Gasteiger partial charge in [-0.2, -0.15) is 13.2 Å². The highest BCUT2D eigenvalue weighted by atomic mass is 35.5. The van der Waals surface area contributed by atoms with Crippen LogP contribution in [0, 0.1) is 0 Å². The second-order valence-electron chi connectivity index (χ2n) is 6.74. The molecule has 2 aromatic rings. The number of fused-ring (bicyclic) bond motifs is 1. The number of anilines is 1. The summed E-state index contributed by atoms with van der Waals surface area (Å²) in [5, 5.41) is 2.26. The molecule has 0 spiro atoms. The molecule has 0 aromatic heterocycles. The van der Waals surface area contributed by atoms with Gasteiger partial charge in [0.05, 0.1) is 29.1 Å². The van der Waals surface area contributed by atoms with Crippen LogP contribution in [0.25, 0.3) is 0 Å². The van der Waals surface area contributed by atoms with Gasteiger partial charge in [-0.3, -0.25) is 9.10 Å². The van der Waals surface area contributed by atoms with Crippen molar-refractivity contribution in [3.63, 3.8) is 0 Å². The quantitative estimate of drug-likeness (QED) is 0.689. The van der Waals surface area contributed by atoms with Crippen molar-refractivity contribution in [2.24, 2.45) is 0 Å². The number of ether oxygens (including phenoxy) is 2. The van der Waals surface area contributed by atoms with E-state index in [4.69, 9.17) is 21.1 Å². The topological polar surface area (TPSA) is 84.9 Å². The number of alkyl halides is 3. The molecule has 1 aliphatic heterocycles. The fourth-order valence-electron chi connectivity index (χ4n) is 2.84. The van der Waals surface area contributed by atoms with Crippen LogP contribution in [0.4, 0.5) is 18.9 Å². The van der Waals surface area contributed by atoms with Gasteiger partial charge in [-0.05, 0) is 30.3 Å². The Hall–Kier alpha value is -2.66. The smallest absolute Gasteiger partial charge is 0.416 e. The Balaban J connectivity index is 1.70. The minimum Gasteiger partial charge on any atom is -0.486 e. The summed E-state index contributed by atoms with van der Waals surface area (Å²) >= 11 is 5.94. The molecule has 1 atom stereocenters. The van der Waals surface area contributed by atoms with E-state index in [1.165, 1.54) is 0 Å². The Labute approximate surface area is 181 Å². The summed E-state index contributed by atoms with van der Waals surface area (Å²) in [5.41, 5.74) is -1.53. The number of carbonyl (C=O) groups is 1. The second kappa shape index (κ2) is 8.83. The molecule has 1 aliphatic rings. The van der Waals surface area contributed by atoms with Crippen molar-refractivity contribution in [1.82, 2.24) is 5.32 Å². The average molecular weight is 479 g/mol. The monoisotopic (exact) mass is 478 g/mol. The molecule has 0 radical (unpaired) electrons. The zero-order valence-corrected chi connectivity index (χ0v) is 17.7. The lowest BCUT2D eigenvalue weighted by molar-refractivity contribution is -0.137. The molecule has 12 heteroatoms. The number of sulfonamides is 1. The lowest BCUT2D eigenvalue weighted by Gasteiger charge is -2.27. The van der Waals surface area contributed by atoms with Gasteiger partial charge in [0, 0.05) is 0 Å². The van der Waals surface area contributed by atoms with Crippen molar-refractivity contribution in [3.05, 3.63) is 53.1 Å². The summed E-state index contributed by atoms with van der Waals surface area (Å²) in [4.78, 5) is 12.4. The summed E-state index contributed by atoms with van der Waals surface area (Å²) in [7, 11) is -4.12. The van der Waals surface area contributed by atoms with Crippen molar-refractivity contribution in [2.75, 3.05) is 30.3 Å². The third-order valence-corrected chi connectivity index (χ3v) is 5.77. The maximum absolute atomic E-state index is 13.0. The lowest BCUT2D eigenvalue weighted by atomic mass is 10.2. The van der Waals surface area contributed by atoms with Crippen LogP contribution < -0.4 is 19.1 Å². The third kappa shape index (κ3) is 5.73. The molecule has 1 heterocycles. The molecule has 0 saturated heterocycles.